The molecular formula is C22H29+. The monoisotopic (exact) mass is 293 g/mol. The first kappa shape index (κ1) is 16.7. The fourth-order valence-electron chi connectivity index (χ4n) is 3.89. The van der Waals surface area contributed by atoms with Gasteiger partial charge in [-0.25, -0.2) is 0 Å². The number of aryl methyl sites for hydroxylation is 6. The molecule has 1 atom stereocenters. The van der Waals surface area contributed by atoms with Crippen molar-refractivity contribution >= 4 is 0 Å². The van der Waals surface area contributed by atoms with Crippen molar-refractivity contribution in [1.82, 2.24) is 0 Å². The Labute approximate surface area is 136 Å². The number of hydrogen-bond acceptors (Lipinski definition) is 0. The first-order valence-corrected chi connectivity index (χ1v) is 8.28. The Morgan fingerprint density at radius 3 is 1.59 bits per heavy atom. The molecule has 0 saturated heterocycles. The summed E-state index contributed by atoms with van der Waals surface area (Å²) < 4.78 is 0. The Balaban J connectivity index is 2.19. The highest BCUT2D eigenvalue weighted by Gasteiger charge is 2.18. The van der Waals surface area contributed by atoms with Crippen molar-refractivity contribution < 1.29 is 0 Å². The van der Waals surface area contributed by atoms with Crippen molar-refractivity contribution in [3.05, 3.63) is 75.2 Å². The second-order valence-electron chi connectivity index (χ2n) is 6.97. The molecule has 2 aromatic rings. The van der Waals surface area contributed by atoms with Gasteiger partial charge in [-0.3, -0.25) is 0 Å². The zero-order valence-corrected chi connectivity index (χ0v) is 15.2. The minimum Gasteiger partial charge on any atom is -0.0570 e. The molecule has 2 aromatic carbocycles. The Morgan fingerprint density at radius 2 is 1.14 bits per heavy atom. The zero-order chi connectivity index (χ0) is 16.4. The van der Waals surface area contributed by atoms with E-state index in [9.17, 15) is 0 Å². The SMILES string of the molecule is Cc1cc(C)c([CH+]CC(C)c2c(C)cc(C)cc2C)c(C)c1. The van der Waals surface area contributed by atoms with Crippen molar-refractivity contribution in [3.63, 3.8) is 0 Å². The van der Waals surface area contributed by atoms with Gasteiger partial charge in [-0.15, -0.1) is 0 Å². The molecular weight excluding hydrogens is 264 g/mol. The zero-order valence-electron chi connectivity index (χ0n) is 15.2. The van der Waals surface area contributed by atoms with Crippen LogP contribution in [-0.4, -0.2) is 0 Å². The predicted molar refractivity (Wildman–Crippen MR) is 97.7 cm³/mol. The molecule has 0 radical (unpaired) electrons. The lowest BCUT2D eigenvalue weighted by Gasteiger charge is -2.17. The normalized spacial score (nSPS) is 12.3. The third kappa shape index (κ3) is 3.55. The molecule has 116 valence electrons. The molecule has 0 nitrogen and oxygen atoms in total. The van der Waals surface area contributed by atoms with Gasteiger partial charge in [0.25, 0.3) is 0 Å². The summed E-state index contributed by atoms with van der Waals surface area (Å²) >= 11 is 0. The summed E-state index contributed by atoms with van der Waals surface area (Å²) in [4.78, 5) is 0. The van der Waals surface area contributed by atoms with E-state index in [0.717, 1.165) is 6.42 Å². The smallest absolute Gasteiger partial charge is 0.0570 e. The average molecular weight is 293 g/mol. The van der Waals surface area contributed by atoms with Crippen LogP contribution in [0.15, 0.2) is 24.3 Å². The van der Waals surface area contributed by atoms with Gasteiger partial charge in [-0.1, -0.05) is 24.6 Å². The quantitative estimate of drug-likeness (QED) is 0.582. The van der Waals surface area contributed by atoms with Crippen LogP contribution in [0.2, 0.25) is 0 Å². The van der Waals surface area contributed by atoms with Gasteiger partial charge in [0.15, 0.2) is 0 Å². The van der Waals surface area contributed by atoms with Crippen molar-refractivity contribution in [1.29, 1.82) is 0 Å². The lowest BCUT2D eigenvalue weighted by Crippen LogP contribution is -2.03. The number of rotatable bonds is 4. The van der Waals surface area contributed by atoms with Crippen LogP contribution >= 0.6 is 0 Å². The van der Waals surface area contributed by atoms with E-state index in [2.05, 4.69) is 79.2 Å². The van der Waals surface area contributed by atoms with Crippen LogP contribution in [0.3, 0.4) is 0 Å². The van der Waals surface area contributed by atoms with Crippen molar-refractivity contribution in [2.45, 2.75) is 60.8 Å². The van der Waals surface area contributed by atoms with E-state index in [-0.39, 0.29) is 0 Å². The van der Waals surface area contributed by atoms with Crippen LogP contribution in [0.4, 0.5) is 0 Å². The van der Waals surface area contributed by atoms with Crippen LogP contribution in [0, 0.1) is 48.0 Å². The standard InChI is InChI=1S/C22H29/c1-14-10-17(4)21(18(5)11-14)9-8-16(3)22-19(6)12-15(2)13-20(22)7/h9-13,16H,8H2,1-7H3/q+1. The van der Waals surface area contributed by atoms with Gasteiger partial charge < -0.3 is 0 Å². The molecule has 0 spiro atoms. The summed E-state index contributed by atoms with van der Waals surface area (Å²) in [6.45, 7) is 15.6. The molecule has 0 heterocycles. The molecule has 2 rings (SSSR count). The first-order valence-electron chi connectivity index (χ1n) is 8.28. The van der Waals surface area contributed by atoms with Crippen LogP contribution in [0.1, 0.15) is 63.8 Å². The van der Waals surface area contributed by atoms with Crippen molar-refractivity contribution in [2.75, 3.05) is 0 Å². The highest BCUT2D eigenvalue weighted by Crippen LogP contribution is 2.30. The van der Waals surface area contributed by atoms with E-state index in [4.69, 9.17) is 0 Å². The maximum atomic E-state index is 2.42. The molecule has 0 aliphatic heterocycles. The molecule has 0 aliphatic rings. The Kier molecular flexibility index (Phi) is 5.01. The Bertz CT molecular complexity index is 630. The second kappa shape index (κ2) is 6.60. The lowest BCUT2D eigenvalue weighted by atomic mass is 9.85. The first-order chi connectivity index (χ1) is 10.3. The number of benzene rings is 2. The van der Waals surface area contributed by atoms with Gasteiger partial charge in [0.2, 0.25) is 0 Å². The van der Waals surface area contributed by atoms with Gasteiger partial charge in [0.1, 0.15) is 5.56 Å². The summed E-state index contributed by atoms with van der Waals surface area (Å²) in [5, 5.41) is 0. The van der Waals surface area contributed by atoms with Gasteiger partial charge in [0, 0.05) is 38.8 Å². The maximum absolute atomic E-state index is 2.42. The molecule has 0 fully saturated rings. The van der Waals surface area contributed by atoms with E-state index < -0.39 is 0 Å². The molecule has 0 amide bonds. The number of hydrogen-bond donors (Lipinski definition) is 0. The van der Waals surface area contributed by atoms with Crippen molar-refractivity contribution in [2.24, 2.45) is 0 Å². The summed E-state index contributed by atoms with van der Waals surface area (Å²) in [6, 6.07) is 9.18. The summed E-state index contributed by atoms with van der Waals surface area (Å²) in [7, 11) is 0. The molecule has 0 aliphatic carbocycles. The van der Waals surface area contributed by atoms with Crippen LogP contribution in [-0.2, 0) is 0 Å². The molecule has 0 N–H and O–H groups in total. The molecule has 1 unspecified atom stereocenters. The van der Waals surface area contributed by atoms with E-state index in [0.29, 0.717) is 5.92 Å². The maximum Gasteiger partial charge on any atom is 0.135 e. The third-order valence-corrected chi connectivity index (χ3v) is 4.64. The average Bonchev–Trinajstić information content (AvgIpc) is 2.35. The van der Waals surface area contributed by atoms with Crippen LogP contribution in [0.5, 0.6) is 0 Å². The summed E-state index contributed by atoms with van der Waals surface area (Å²) in [6.07, 6.45) is 3.52. The van der Waals surface area contributed by atoms with Gasteiger partial charge >= 0.3 is 0 Å². The summed E-state index contributed by atoms with van der Waals surface area (Å²) in [5.74, 6) is 0.556. The fraction of sp³-hybridized carbons (Fsp3) is 0.409. The summed E-state index contributed by atoms with van der Waals surface area (Å²) in [5.41, 5.74) is 11.3. The van der Waals surface area contributed by atoms with E-state index in [1.54, 1.807) is 0 Å². The van der Waals surface area contributed by atoms with Gasteiger partial charge in [-0.05, 0) is 55.9 Å². The van der Waals surface area contributed by atoms with Crippen molar-refractivity contribution in [3.8, 4) is 0 Å². The van der Waals surface area contributed by atoms with Crippen LogP contribution < -0.4 is 0 Å². The highest BCUT2D eigenvalue weighted by molar-refractivity contribution is 5.44. The Hall–Kier alpha value is -1.69. The minimum atomic E-state index is 0.556. The third-order valence-electron chi connectivity index (χ3n) is 4.64. The largest absolute Gasteiger partial charge is 0.135 e. The molecule has 0 aromatic heterocycles. The highest BCUT2D eigenvalue weighted by atomic mass is 14.2. The van der Waals surface area contributed by atoms with Gasteiger partial charge in [0.05, 0.1) is 11.1 Å². The van der Waals surface area contributed by atoms with E-state index >= 15 is 0 Å². The second-order valence-corrected chi connectivity index (χ2v) is 6.97. The molecule has 0 heteroatoms. The van der Waals surface area contributed by atoms with E-state index in [1.807, 2.05) is 0 Å². The minimum absolute atomic E-state index is 0.556. The topological polar surface area (TPSA) is 0 Å². The van der Waals surface area contributed by atoms with E-state index in [1.165, 1.54) is 44.5 Å². The molecule has 0 saturated carbocycles. The molecule has 0 bridgehead atoms. The van der Waals surface area contributed by atoms with Gasteiger partial charge in [-0.2, -0.15) is 0 Å². The Morgan fingerprint density at radius 1 is 0.727 bits per heavy atom. The van der Waals surface area contributed by atoms with Crippen LogP contribution in [0.25, 0.3) is 0 Å². The lowest BCUT2D eigenvalue weighted by molar-refractivity contribution is 0.740. The fourth-order valence-corrected chi connectivity index (χ4v) is 3.89. The molecule has 22 heavy (non-hydrogen) atoms. The predicted octanol–water partition coefficient (Wildman–Crippen LogP) is 6.28.